The van der Waals surface area contributed by atoms with Gasteiger partial charge in [-0.2, -0.15) is 5.10 Å². The number of hydrogen-bond donors (Lipinski definition) is 1. The molecule has 0 aliphatic rings. The van der Waals surface area contributed by atoms with Crippen LogP contribution in [0, 0.1) is 10.1 Å². The lowest BCUT2D eigenvalue weighted by atomic mass is 10.2. The van der Waals surface area contributed by atoms with Crippen LogP contribution in [0.1, 0.15) is 23.6 Å². The molecule has 0 aliphatic heterocycles. The molecule has 0 aromatic heterocycles. The molecule has 3 aromatic rings. The van der Waals surface area contributed by atoms with Crippen molar-refractivity contribution in [2.75, 3.05) is 20.8 Å². The third-order valence-electron chi connectivity index (χ3n) is 4.85. The van der Waals surface area contributed by atoms with Crippen LogP contribution in [-0.4, -0.2) is 32.0 Å². The first-order valence-corrected chi connectivity index (χ1v) is 10.6. The van der Waals surface area contributed by atoms with E-state index in [0.717, 1.165) is 16.7 Å². The monoisotopic (exact) mass is 465 g/mol. The highest BCUT2D eigenvalue weighted by Gasteiger charge is 2.09. The van der Waals surface area contributed by atoms with Crippen molar-refractivity contribution < 1.29 is 23.9 Å². The van der Waals surface area contributed by atoms with E-state index in [-0.39, 0.29) is 12.3 Å². The summed E-state index contributed by atoms with van der Waals surface area (Å²) in [6.45, 7) is 3.15. The summed E-state index contributed by atoms with van der Waals surface area (Å²) in [6, 6.07) is 17.5. The minimum absolute atomic E-state index is 0.0436. The number of benzene rings is 3. The summed E-state index contributed by atoms with van der Waals surface area (Å²) < 4.78 is 22.2. The Labute approximate surface area is 198 Å². The molecule has 34 heavy (non-hydrogen) atoms. The molecule has 178 valence electrons. The number of hydrazone groups is 1. The van der Waals surface area contributed by atoms with Gasteiger partial charge in [0.05, 0.1) is 38.5 Å². The van der Waals surface area contributed by atoms with Gasteiger partial charge in [0, 0.05) is 12.1 Å². The molecule has 3 aromatic carbocycles. The van der Waals surface area contributed by atoms with Gasteiger partial charge < -0.3 is 24.4 Å². The number of non-ortho nitro benzene ring substituents is 1. The fourth-order valence-electron chi connectivity index (χ4n) is 3.12. The molecular weight excluding hydrogens is 438 g/mol. The number of methoxy groups -OCH3 is 2. The van der Waals surface area contributed by atoms with Crippen LogP contribution in [-0.2, 0) is 13.2 Å². The summed E-state index contributed by atoms with van der Waals surface area (Å²) in [5.41, 5.74) is 5.72. The van der Waals surface area contributed by atoms with E-state index in [1.807, 2.05) is 43.3 Å². The number of nitrogens with one attached hydrogen (secondary N) is 1. The second kappa shape index (κ2) is 12.1. The van der Waals surface area contributed by atoms with Crippen LogP contribution >= 0.6 is 0 Å². The van der Waals surface area contributed by atoms with Crippen LogP contribution in [0.25, 0.3) is 0 Å². The Balaban J connectivity index is 1.60. The second-order valence-electron chi connectivity index (χ2n) is 7.13. The van der Waals surface area contributed by atoms with Crippen molar-refractivity contribution in [2.24, 2.45) is 5.10 Å². The highest BCUT2D eigenvalue weighted by molar-refractivity contribution is 5.80. The Morgan fingerprint density at radius 1 is 0.882 bits per heavy atom. The molecule has 0 bridgehead atoms. The second-order valence-corrected chi connectivity index (χ2v) is 7.13. The SMILES string of the molecule is CCOc1cc(/C=N/NCc2ccc(OC)c(OC)c2)ccc1OCc1ccc([N+](=O)[O-])cc1. The molecule has 0 saturated heterocycles. The number of nitro benzene ring substituents is 1. The third kappa shape index (κ3) is 6.61. The van der Waals surface area contributed by atoms with Crippen LogP contribution in [0.3, 0.4) is 0 Å². The van der Waals surface area contributed by atoms with Crippen molar-refractivity contribution in [3.8, 4) is 23.0 Å². The Kier molecular flexibility index (Phi) is 8.67. The lowest BCUT2D eigenvalue weighted by Gasteiger charge is -2.12. The zero-order chi connectivity index (χ0) is 24.3. The maximum atomic E-state index is 10.8. The normalized spacial score (nSPS) is 10.7. The fourth-order valence-corrected chi connectivity index (χ4v) is 3.12. The Bertz CT molecular complexity index is 1130. The molecule has 0 unspecified atom stereocenters. The van der Waals surface area contributed by atoms with Gasteiger partial charge in [-0.1, -0.05) is 6.07 Å². The molecule has 9 heteroatoms. The molecule has 0 heterocycles. The molecule has 3 rings (SSSR count). The molecule has 0 saturated carbocycles. The van der Waals surface area contributed by atoms with E-state index in [9.17, 15) is 10.1 Å². The maximum Gasteiger partial charge on any atom is 0.269 e. The van der Waals surface area contributed by atoms with Gasteiger partial charge in [0.25, 0.3) is 5.69 Å². The average Bonchev–Trinajstić information content (AvgIpc) is 2.86. The van der Waals surface area contributed by atoms with E-state index in [1.165, 1.54) is 12.1 Å². The van der Waals surface area contributed by atoms with Crippen molar-refractivity contribution in [3.63, 3.8) is 0 Å². The van der Waals surface area contributed by atoms with Gasteiger partial charge in [-0.05, 0) is 66.1 Å². The Morgan fingerprint density at radius 2 is 1.59 bits per heavy atom. The average molecular weight is 466 g/mol. The number of nitro groups is 1. The largest absolute Gasteiger partial charge is 0.493 e. The third-order valence-corrected chi connectivity index (χ3v) is 4.85. The summed E-state index contributed by atoms with van der Waals surface area (Å²) in [5, 5.41) is 15.1. The van der Waals surface area contributed by atoms with Gasteiger partial charge >= 0.3 is 0 Å². The van der Waals surface area contributed by atoms with E-state index in [0.29, 0.717) is 36.1 Å². The van der Waals surface area contributed by atoms with Gasteiger partial charge in [0.15, 0.2) is 23.0 Å². The highest BCUT2D eigenvalue weighted by Crippen LogP contribution is 2.29. The van der Waals surface area contributed by atoms with E-state index >= 15 is 0 Å². The van der Waals surface area contributed by atoms with Gasteiger partial charge in [-0.15, -0.1) is 0 Å². The Hall–Kier alpha value is -4.27. The summed E-state index contributed by atoms with van der Waals surface area (Å²) in [4.78, 5) is 10.4. The molecule has 0 radical (unpaired) electrons. The van der Waals surface area contributed by atoms with Crippen molar-refractivity contribution in [3.05, 3.63) is 87.5 Å². The smallest absolute Gasteiger partial charge is 0.269 e. The molecule has 9 nitrogen and oxygen atoms in total. The predicted octanol–water partition coefficient (Wildman–Crippen LogP) is 4.71. The fraction of sp³-hybridized carbons (Fsp3) is 0.240. The van der Waals surface area contributed by atoms with Crippen LogP contribution in [0.5, 0.6) is 23.0 Å². The molecule has 0 fully saturated rings. The minimum atomic E-state index is -0.430. The standard InChI is InChI=1S/C25H27N3O6/c1-4-33-25-14-20(16-27-26-15-19-7-11-22(31-2)24(13-19)32-3)8-12-23(25)34-17-18-5-9-21(10-6-18)28(29)30/h5-14,16,26H,4,15,17H2,1-3H3/b27-16+. The summed E-state index contributed by atoms with van der Waals surface area (Å²) >= 11 is 0. The lowest BCUT2D eigenvalue weighted by molar-refractivity contribution is -0.384. The van der Waals surface area contributed by atoms with E-state index in [2.05, 4.69) is 10.5 Å². The molecule has 0 spiro atoms. The van der Waals surface area contributed by atoms with Gasteiger partial charge in [0.2, 0.25) is 0 Å². The van der Waals surface area contributed by atoms with Crippen molar-refractivity contribution in [1.82, 2.24) is 5.43 Å². The minimum Gasteiger partial charge on any atom is -0.493 e. The molecule has 0 aliphatic carbocycles. The van der Waals surface area contributed by atoms with E-state index < -0.39 is 4.92 Å². The topological polar surface area (TPSA) is 104 Å². The number of hydrogen-bond acceptors (Lipinski definition) is 8. The van der Waals surface area contributed by atoms with Crippen molar-refractivity contribution >= 4 is 11.9 Å². The van der Waals surface area contributed by atoms with Gasteiger partial charge in [-0.3, -0.25) is 10.1 Å². The summed E-state index contributed by atoms with van der Waals surface area (Å²) in [5.74, 6) is 2.51. The molecule has 0 amide bonds. The summed E-state index contributed by atoms with van der Waals surface area (Å²) in [6.07, 6.45) is 1.70. The number of ether oxygens (including phenoxy) is 4. The summed E-state index contributed by atoms with van der Waals surface area (Å²) in [7, 11) is 3.20. The van der Waals surface area contributed by atoms with Crippen LogP contribution in [0.15, 0.2) is 65.8 Å². The molecule has 1 N–H and O–H groups in total. The predicted molar refractivity (Wildman–Crippen MR) is 129 cm³/mol. The van der Waals surface area contributed by atoms with Crippen LogP contribution in [0.2, 0.25) is 0 Å². The van der Waals surface area contributed by atoms with Crippen LogP contribution < -0.4 is 24.4 Å². The lowest BCUT2D eigenvalue weighted by Crippen LogP contribution is -2.06. The van der Waals surface area contributed by atoms with E-state index in [1.54, 1.807) is 32.6 Å². The zero-order valence-corrected chi connectivity index (χ0v) is 19.3. The van der Waals surface area contributed by atoms with E-state index in [4.69, 9.17) is 18.9 Å². The van der Waals surface area contributed by atoms with Gasteiger partial charge in [0.1, 0.15) is 6.61 Å². The van der Waals surface area contributed by atoms with Crippen LogP contribution in [0.4, 0.5) is 5.69 Å². The van der Waals surface area contributed by atoms with Gasteiger partial charge in [-0.25, -0.2) is 0 Å². The highest BCUT2D eigenvalue weighted by atomic mass is 16.6. The quantitative estimate of drug-likeness (QED) is 0.235. The number of rotatable bonds is 12. The first-order chi connectivity index (χ1) is 16.5. The first-order valence-electron chi connectivity index (χ1n) is 10.6. The Morgan fingerprint density at radius 3 is 2.26 bits per heavy atom. The zero-order valence-electron chi connectivity index (χ0n) is 19.3. The maximum absolute atomic E-state index is 10.8. The van der Waals surface area contributed by atoms with Crippen molar-refractivity contribution in [2.45, 2.75) is 20.1 Å². The number of nitrogens with zero attached hydrogens (tertiary/aromatic N) is 2. The molecule has 0 atom stereocenters. The molecular formula is C25H27N3O6. The first kappa shape index (κ1) is 24.4. The van der Waals surface area contributed by atoms with Crippen molar-refractivity contribution in [1.29, 1.82) is 0 Å².